The monoisotopic (exact) mass is 344 g/mol. The fourth-order valence-corrected chi connectivity index (χ4v) is 3.57. The van der Waals surface area contributed by atoms with Gasteiger partial charge in [-0.05, 0) is 37.3 Å². The summed E-state index contributed by atoms with van der Waals surface area (Å²) < 4.78 is 5.32. The number of aromatic amines is 1. The highest BCUT2D eigenvalue weighted by Gasteiger charge is 2.36. The van der Waals surface area contributed by atoms with Crippen LogP contribution in [0.1, 0.15) is 36.8 Å². The summed E-state index contributed by atoms with van der Waals surface area (Å²) >= 11 is 0. The van der Waals surface area contributed by atoms with Gasteiger partial charge in [0.25, 0.3) is 0 Å². The fourth-order valence-electron chi connectivity index (χ4n) is 3.57. The van der Waals surface area contributed by atoms with Gasteiger partial charge in [-0.1, -0.05) is 18.2 Å². The molecule has 25 heavy (non-hydrogen) atoms. The normalized spacial score (nSPS) is 16.7. The molecule has 0 spiro atoms. The number of nitrogens with one attached hydrogen (secondary N) is 2. The average Bonchev–Trinajstić information content (AvgIpc) is 2.97. The van der Waals surface area contributed by atoms with Gasteiger partial charge in [0.1, 0.15) is 0 Å². The van der Waals surface area contributed by atoms with Crippen molar-refractivity contribution in [1.29, 1.82) is 0 Å². The third kappa shape index (κ3) is 4.02. The Morgan fingerprint density at radius 3 is 2.80 bits per heavy atom. The van der Waals surface area contributed by atoms with Crippen LogP contribution in [0.3, 0.4) is 0 Å². The number of carboxylic acids is 1. The van der Waals surface area contributed by atoms with Crippen molar-refractivity contribution < 1.29 is 19.4 Å². The number of benzene rings is 1. The second-order valence-corrected chi connectivity index (χ2v) is 6.82. The van der Waals surface area contributed by atoms with Crippen LogP contribution in [0, 0.1) is 6.92 Å². The zero-order valence-corrected chi connectivity index (χ0v) is 14.4. The molecule has 2 aromatic rings. The van der Waals surface area contributed by atoms with E-state index in [9.17, 15) is 14.7 Å². The molecule has 1 amide bonds. The minimum absolute atomic E-state index is 0.0611. The third-order valence-electron chi connectivity index (χ3n) is 4.97. The van der Waals surface area contributed by atoms with E-state index in [0.29, 0.717) is 38.9 Å². The third-order valence-corrected chi connectivity index (χ3v) is 4.97. The Kier molecular flexibility index (Phi) is 5.08. The number of hydrogen-bond donors (Lipinski definition) is 3. The van der Waals surface area contributed by atoms with Gasteiger partial charge in [0.15, 0.2) is 0 Å². The lowest BCUT2D eigenvalue weighted by molar-refractivity contribution is -0.140. The van der Waals surface area contributed by atoms with Crippen LogP contribution in [-0.2, 0) is 20.7 Å². The molecule has 1 aliphatic rings. The van der Waals surface area contributed by atoms with E-state index in [4.69, 9.17) is 4.74 Å². The van der Waals surface area contributed by atoms with E-state index in [2.05, 4.69) is 29.4 Å². The lowest BCUT2D eigenvalue weighted by Gasteiger charge is -2.36. The molecule has 0 unspecified atom stereocenters. The molecule has 2 heterocycles. The van der Waals surface area contributed by atoms with Crippen molar-refractivity contribution in [3.8, 4) is 0 Å². The Hall–Kier alpha value is -2.34. The van der Waals surface area contributed by atoms with Crippen molar-refractivity contribution >= 4 is 22.8 Å². The molecule has 0 radical (unpaired) electrons. The largest absolute Gasteiger partial charge is 0.481 e. The Labute approximate surface area is 146 Å². The van der Waals surface area contributed by atoms with Crippen LogP contribution in [0.4, 0.5) is 0 Å². The van der Waals surface area contributed by atoms with Gasteiger partial charge in [-0.25, -0.2) is 0 Å². The summed E-state index contributed by atoms with van der Waals surface area (Å²) in [5.41, 5.74) is 2.70. The van der Waals surface area contributed by atoms with Crippen molar-refractivity contribution in [3.63, 3.8) is 0 Å². The van der Waals surface area contributed by atoms with Crippen molar-refractivity contribution in [3.05, 3.63) is 35.5 Å². The minimum Gasteiger partial charge on any atom is -0.481 e. The van der Waals surface area contributed by atoms with Gasteiger partial charge in [0.05, 0.1) is 12.0 Å². The number of hydrogen-bond acceptors (Lipinski definition) is 3. The molecule has 6 nitrogen and oxygen atoms in total. The first-order valence-corrected chi connectivity index (χ1v) is 8.65. The first kappa shape index (κ1) is 17.5. The number of aliphatic carboxylic acids is 1. The number of fused-ring (bicyclic) bond motifs is 1. The van der Waals surface area contributed by atoms with E-state index < -0.39 is 11.5 Å². The maximum absolute atomic E-state index is 12.4. The van der Waals surface area contributed by atoms with Gasteiger partial charge in [-0.3, -0.25) is 9.59 Å². The predicted octanol–water partition coefficient (Wildman–Crippen LogP) is 2.55. The highest BCUT2D eigenvalue weighted by Crippen LogP contribution is 2.26. The molecule has 6 heteroatoms. The van der Waals surface area contributed by atoms with E-state index >= 15 is 0 Å². The molecule has 1 saturated heterocycles. The van der Waals surface area contributed by atoms with Crippen LogP contribution in [-0.4, -0.2) is 40.7 Å². The maximum atomic E-state index is 12.4. The molecule has 1 aromatic carbocycles. The number of amides is 1. The van der Waals surface area contributed by atoms with Crippen molar-refractivity contribution in [1.82, 2.24) is 10.3 Å². The summed E-state index contributed by atoms with van der Waals surface area (Å²) in [5, 5.41) is 13.3. The molecule has 1 aliphatic heterocycles. The van der Waals surface area contributed by atoms with Crippen molar-refractivity contribution in [2.24, 2.45) is 0 Å². The molecule has 1 aromatic heterocycles. The van der Waals surface area contributed by atoms with Gasteiger partial charge in [-0.15, -0.1) is 0 Å². The molecule has 1 fully saturated rings. The predicted molar refractivity (Wildman–Crippen MR) is 94.5 cm³/mol. The first-order chi connectivity index (χ1) is 12.0. The summed E-state index contributed by atoms with van der Waals surface area (Å²) in [6.07, 6.45) is 3.92. The van der Waals surface area contributed by atoms with Crippen LogP contribution in [0.2, 0.25) is 0 Å². The summed E-state index contributed by atoms with van der Waals surface area (Å²) in [5.74, 6) is -1.00. The Bertz CT molecular complexity index is 775. The number of aryl methyl sites for hydroxylation is 2. The van der Waals surface area contributed by atoms with Crippen LogP contribution in [0.25, 0.3) is 10.9 Å². The molecule has 134 valence electrons. The summed E-state index contributed by atoms with van der Waals surface area (Å²) in [6.45, 7) is 3.01. The topological polar surface area (TPSA) is 91.4 Å². The van der Waals surface area contributed by atoms with Gasteiger partial charge in [-0.2, -0.15) is 0 Å². The van der Waals surface area contributed by atoms with Gasteiger partial charge in [0, 0.05) is 36.7 Å². The van der Waals surface area contributed by atoms with Crippen LogP contribution >= 0.6 is 0 Å². The van der Waals surface area contributed by atoms with E-state index in [1.54, 1.807) is 0 Å². The fraction of sp³-hybridized carbons (Fsp3) is 0.474. The number of carboxylic acid groups (broad SMARTS) is 1. The van der Waals surface area contributed by atoms with E-state index in [1.807, 2.05) is 12.3 Å². The summed E-state index contributed by atoms with van der Waals surface area (Å²) in [6, 6.07) is 6.12. The number of H-pyrrole nitrogens is 1. The van der Waals surface area contributed by atoms with E-state index in [1.165, 1.54) is 5.56 Å². The number of aromatic nitrogens is 1. The zero-order chi connectivity index (χ0) is 17.9. The van der Waals surface area contributed by atoms with Crippen LogP contribution < -0.4 is 5.32 Å². The van der Waals surface area contributed by atoms with E-state index in [-0.39, 0.29) is 12.3 Å². The van der Waals surface area contributed by atoms with Gasteiger partial charge < -0.3 is 20.1 Å². The highest BCUT2D eigenvalue weighted by atomic mass is 16.5. The molecule has 0 bridgehead atoms. The quantitative estimate of drug-likeness (QED) is 0.751. The van der Waals surface area contributed by atoms with Crippen LogP contribution in [0.5, 0.6) is 0 Å². The summed E-state index contributed by atoms with van der Waals surface area (Å²) in [4.78, 5) is 26.9. The number of rotatable bonds is 6. The smallest absolute Gasteiger partial charge is 0.305 e. The molecular weight excluding hydrogens is 320 g/mol. The van der Waals surface area contributed by atoms with Gasteiger partial charge >= 0.3 is 5.97 Å². The number of carbonyl (C=O) groups is 2. The maximum Gasteiger partial charge on any atom is 0.305 e. The summed E-state index contributed by atoms with van der Waals surface area (Å²) in [7, 11) is 0. The molecular formula is C19H24N2O4. The number of carbonyl (C=O) groups excluding carboxylic acids is 1. The standard InChI is InChI=1S/C19H24N2O4/c1-13-3-2-4-15-14(12-20-18(13)15)5-6-16(22)21-19(11-17(23)24)7-9-25-10-8-19/h2-4,12,20H,5-11H2,1H3,(H,21,22)(H,23,24). The lowest BCUT2D eigenvalue weighted by atomic mass is 9.86. The Balaban J connectivity index is 1.65. The number of ether oxygens (including phenoxy) is 1. The highest BCUT2D eigenvalue weighted by molar-refractivity contribution is 5.86. The van der Waals surface area contributed by atoms with E-state index in [0.717, 1.165) is 16.5 Å². The van der Waals surface area contributed by atoms with Crippen molar-refractivity contribution in [2.45, 2.75) is 44.6 Å². The Morgan fingerprint density at radius 2 is 2.08 bits per heavy atom. The molecule has 3 N–H and O–H groups in total. The van der Waals surface area contributed by atoms with Crippen LogP contribution in [0.15, 0.2) is 24.4 Å². The molecule has 3 rings (SSSR count). The lowest BCUT2D eigenvalue weighted by Crippen LogP contribution is -2.53. The Morgan fingerprint density at radius 1 is 1.32 bits per heavy atom. The number of para-hydroxylation sites is 1. The zero-order valence-electron chi connectivity index (χ0n) is 14.4. The average molecular weight is 344 g/mol. The minimum atomic E-state index is -0.894. The second kappa shape index (κ2) is 7.27. The second-order valence-electron chi connectivity index (χ2n) is 6.82. The first-order valence-electron chi connectivity index (χ1n) is 8.65. The molecule has 0 saturated carbocycles. The SMILES string of the molecule is Cc1cccc2c(CCC(=O)NC3(CC(=O)O)CCOCC3)c[nH]c12. The van der Waals surface area contributed by atoms with Gasteiger partial charge in [0.2, 0.25) is 5.91 Å². The molecule has 0 aliphatic carbocycles. The van der Waals surface area contributed by atoms with Crippen molar-refractivity contribution in [2.75, 3.05) is 13.2 Å². The molecule has 0 atom stereocenters.